The van der Waals surface area contributed by atoms with Gasteiger partial charge in [0.25, 0.3) is 0 Å². The molecule has 28 heavy (non-hydrogen) atoms. The molecule has 7 heteroatoms. The van der Waals surface area contributed by atoms with Crippen LogP contribution in [-0.2, 0) is 4.79 Å². The number of likely N-dealkylation sites (tertiary alicyclic amines) is 1. The van der Waals surface area contributed by atoms with Crippen LogP contribution in [0.15, 0.2) is 23.2 Å². The zero-order chi connectivity index (χ0) is 20.7. The summed E-state index contributed by atoms with van der Waals surface area (Å²) in [6.45, 7) is 8.75. The average Bonchev–Trinajstić information content (AvgIpc) is 3.16. The second kappa shape index (κ2) is 9.66. The molecule has 1 fully saturated rings. The summed E-state index contributed by atoms with van der Waals surface area (Å²) in [5, 5.41) is 6.30. The molecule has 1 aromatic carbocycles. The first-order chi connectivity index (χ1) is 13.3. The molecule has 2 N–H and O–H groups in total. The molecule has 1 heterocycles. The molecule has 1 saturated heterocycles. The minimum absolute atomic E-state index is 0.0532. The number of carbonyl (C=O) groups is 1. The van der Waals surface area contributed by atoms with Crippen LogP contribution in [0.4, 0.5) is 0 Å². The van der Waals surface area contributed by atoms with E-state index in [0.717, 1.165) is 37.0 Å². The maximum atomic E-state index is 11.9. The third-order valence-electron chi connectivity index (χ3n) is 4.92. The first kappa shape index (κ1) is 21.9. The van der Waals surface area contributed by atoms with Gasteiger partial charge in [0.05, 0.1) is 14.2 Å². The Morgan fingerprint density at radius 2 is 1.75 bits per heavy atom. The molecular formula is C21H34N4O3. The van der Waals surface area contributed by atoms with E-state index >= 15 is 0 Å². The van der Waals surface area contributed by atoms with Gasteiger partial charge >= 0.3 is 0 Å². The van der Waals surface area contributed by atoms with Crippen molar-refractivity contribution in [2.24, 2.45) is 10.4 Å². The molecule has 2 rings (SSSR count). The third-order valence-corrected chi connectivity index (χ3v) is 4.92. The fraction of sp³-hybridized carbons (Fsp3) is 0.619. The van der Waals surface area contributed by atoms with Gasteiger partial charge in [-0.05, 0) is 24.1 Å². The third kappa shape index (κ3) is 5.78. The van der Waals surface area contributed by atoms with E-state index in [-0.39, 0.29) is 11.3 Å². The van der Waals surface area contributed by atoms with E-state index in [2.05, 4.69) is 32.7 Å². The molecule has 1 aromatic rings. The fourth-order valence-electron chi connectivity index (χ4n) is 3.24. The van der Waals surface area contributed by atoms with E-state index in [0.29, 0.717) is 19.0 Å². The topological polar surface area (TPSA) is 75.2 Å². The summed E-state index contributed by atoms with van der Waals surface area (Å²) in [5.41, 5.74) is 0.841. The van der Waals surface area contributed by atoms with E-state index in [4.69, 9.17) is 9.47 Å². The Bertz CT molecular complexity index is 675. The Balaban J connectivity index is 1.90. The molecular weight excluding hydrogens is 356 g/mol. The minimum atomic E-state index is -0.373. The monoisotopic (exact) mass is 390 g/mol. The maximum absolute atomic E-state index is 11.9. The van der Waals surface area contributed by atoms with Crippen LogP contribution in [0.5, 0.6) is 11.5 Å². The number of benzene rings is 1. The largest absolute Gasteiger partial charge is 0.497 e. The van der Waals surface area contributed by atoms with Crippen LogP contribution >= 0.6 is 0 Å². The van der Waals surface area contributed by atoms with Gasteiger partial charge < -0.3 is 25.0 Å². The second-order valence-corrected chi connectivity index (χ2v) is 8.06. The Morgan fingerprint density at radius 3 is 2.29 bits per heavy atom. The highest BCUT2D eigenvalue weighted by Crippen LogP contribution is 2.32. The van der Waals surface area contributed by atoms with Crippen LogP contribution in [0.1, 0.15) is 38.7 Å². The lowest BCUT2D eigenvalue weighted by molar-refractivity contribution is -0.128. The Morgan fingerprint density at radius 1 is 1.14 bits per heavy atom. The number of methoxy groups -OCH3 is 2. The molecule has 1 amide bonds. The zero-order valence-electron chi connectivity index (χ0n) is 18.0. The second-order valence-electron chi connectivity index (χ2n) is 8.06. The molecule has 0 aromatic heterocycles. The summed E-state index contributed by atoms with van der Waals surface area (Å²) in [7, 11) is 5.13. The van der Waals surface area contributed by atoms with Gasteiger partial charge in [-0.15, -0.1) is 0 Å². The van der Waals surface area contributed by atoms with E-state index in [1.165, 1.54) is 5.56 Å². The normalized spacial score (nSPS) is 17.4. The highest BCUT2D eigenvalue weighted by atomic mass is 16.5. The molecule has 0 spiro atoms. The first-order valence-electron chi connectivity index (χ1n) is 9.75. The maximum Gasteiger partial charge on any atom is 0.225 e. The Kier molecular flexibility index (Phi) is 7.54. The van der Waals surface area contributed by atoms with Gasteiger partial charge in [0.15, 0.2) is 5.96 Å². The molecule has 0 radical (unpaired) electrons. The SMILES string of the molecule is CN=C(NCCNC(=O)C(C)(C)C)N1CCC(c2cc(OC)cc(OC)c2)C1. The molecule has 1 unspecified atom stereocenters. The highest BCUT2D eigenvalue weighted by molar-refractivity contribution is 5.82. The van der Waals surface area contributed by atoms with Gasteiger partial charge in [-0.1, -0.05) is 20.8 Å². The highest BCUT2D eigenvalue weighted by Gasteiger charge is 2.27. The number of guanidine groups is 1. The van der Waals surface area contributed by atoms with E-state index < -0.39 is 0 Å². The molecule has 0 aliphatic carbocycles. The lowest BCUT2D eigenvalue weighted by Gasteiger charge is -2.23. The van der Waals surface area contributed by atoms with Crippen molar-refractivity contribution in [3.63, 3.8) is 0 Å². The van der Waals surface area contributed by atoms with Crippen LogP contribution in [0.3, 0.4) is 0 Å². The van der Waals surface area contributed by atoms with Crippen LogP contribution in [-0.4, -0.2) is 64.2 Å². The van der Waals surface area contributed by atoms with E-state index in [9.17, 15) is 4.79 Å². The molecule has 1 aliphatic rings. The van der Waals surface area contributed by atoms with Crippen LogP contribution in [0.2, 0.25) is 0 Å². The van der Waals surface area contributed by atoms with Crippen molar-refractivity contribution in [3.05, 3.63) is 23.8 Å². The average molecular weight is 391 g/mol. The van der Waals surface area contributed by atoms with E-state index in [1.54, 1.807) is 21.3 Å². The van der Waals surface area contributed by atoms with Gasteiger partial charge in [0.2, 0.25) is 5.91 Å². The number of aliphatic imine (C=N–C) groups is 1. The van der Waals surface area contributed by atoms with Crippen molar-refractivity contribution in [1.82, 2.24) is 15.5 Å². The Labute approximate surface area is 168 Å². The predicted octanol–water partition coefficient (Wildman–Crippen LogP) is 2.23. The molecule has 156 valence electrons. The number of carbonyl (C=O) groups excluding carboxylic acids is 1. The molecule has 1 atom stereocenters. The minimum Gasteiger partial charge on any atom is -0.497 e. The van der Waals surface area contributed by atoms with Crippen molar-refractivity contribution in [3.8, 4) is 11.5 Å². The summed E-state index contributed by atoms with van der Waals surface area (Å²) in [5.74, 6) is 2.93. The molecule has 7 nitrogen and oxygen atoms in total. The number of ether oxygens (including phenoxy) is 2. The molecule has 0 bridgehead atoms. The van der Waals surface area contributed by atoms with Gasteiger partial charge in [-0.25, -0.2) is 0 Å². The Hall–Kier alpha value is -2.44. The smallest absolute Gasteiger partial charge is 0.225 e. The van der Waals surface area contributed by atoms with Gasteiger partial charge in [-0.2, -0.15) is 0 Å². The summed E-state index contributed by atoms with van der Waals surface area (Å²) < 4.78 is 10.8. The summed E-state index contributed by atoms with van der Waals surface area (Å²) in [6, 6.07) is 6.05. The first-order valence-corrected chi connectivity index (χ1v) is 9.75. The van der Waals surface area contributed by atoms with E-state index in [1.807, 2.05) is 26.8 Å². The van der Waals surface area contributed by atoms with Crippen molar-refractivity contribution in [2.45, 2.75) is 33.1 Å². The lowest BCUT2D eigenvalue weighted by Crippen LogP contribution is -2.44. The van der Waals surface area contributed by atoms with Crippen molar-refractivity contribution in [2.75, 3.05) is 47.4 Å². The summed E-state index contributed by atoms with van der Waals surface area (Å²) >= 11 is 0. The zero-order valence-corrected chi connectivity index (χ0v) is 18.0. The number of hydrogen-bond donors (Lipinski definition) is 2. The fourth-order valence-corrected chi connectivity index (χ4v) is 3.24. The molecule has 1 aliphatic heterocycles. The number of nitrogens with zero attached hydrogens (tertiary/aromatic N) is 2. The number of hydrogen-bond acceptors (Lipinski definition) is 4. The van der Waals surface area contributed by atoms with Gasteiger partial charge in [-0.3, -0.25) is 9.79 Å². The van der Waals surface area contributed by atoms with Gasteiger partial charge in [0.1, 0.15) is 11.5 Å². The summed E-state index contributed by atoms with van der Waals surface area (Å²) in [4.78, 5) is 18.6. The number of amides is 1. The lowest BCUT2D eigenvalue weighted by atomic mass is 9.96. The quantitative estimate of drug-likeness (QED) is 0.443. The number of nitrogens with one attached hydrogen (secondary N) is 2. The van der Waals surface area contributed by atoms with Crippen LogP contribution in [0.25, 0.3) is 0 Å². The standard InChI is InChI=1S/C21H34N4O3/c1-21(2,3)19(26)23-8-9-24-20(22-4)25-10-7-15(14-25)16-11-17(27-5)13-18(12-16)28-6/h11-13,15H,7-10,14H2,1-6H3,(H,22,24)(H,23,26). The van der Waals surface area contributed by atoms with Crippen LogP contribution in [0, 0.1) is 5.41 Å². The predicted molar refractivity (Wildman–Crippen MR) is 112 cm³/mol. The number of rotatable bonds is 6. The van der Waals surface area contributed by atoms with Crippen molar-refractivity contribution < 1.29 is 14.3 Å². The van der Waals surface area contributed by atoms with Crippen LogP contribution < -0.4 is 20.1 Å². The summed E-state index contributed by atoms with van der Waals surface area (Å²) in [6.07, 6.45) is 1.04. The van der Waals surface area contributed by atoms with Crippen molar-refractivity contribution in [1.29, 1.82) is 0 Å². The van der Waals surface area contributed by atoms with Crippen molar-refractivity contribution >= 4 is 11.9 Å². The molecule has 0 saturated carbocycles. The van der Waals surface area contributed by atoms with Gasteiger partial charge in [0, 0.05) is 50.6 Å².